The number of rotatable bonds is 4. The number of hydrogen-bond donors (Lipinski definition) is 0. The summed E-state index contributed by atoms with van der Waals surface area (Å²) in [5.41, 5.74) is 0.496. The van der Waals surface area contributed by atoms with E-state index in [2.05, 4.69) is 15.9 Å². The van der Waals surface area contributed by atoms with Gasteiger partial charge < -0.3 is 4.74 Å². The van der Waals surface area contributed by atoms with E-state index < -0.39 is 0 Å². The van der Waals surface area contributed by atoms with Gasteiger partial charge in [0.25, 0.3) is 0 Å². The SMILES string of the molecule is BrCC1(CC2CCCC2)CCOC1C1CC1. The molecule has 3 fully saturated rings. The molecule has 0 N–H and O–H groups in total. The summed E-state index contributed by atoms with van der Waals surface area (Å²) >= 11 is 3.80. The first kappa shape index (κ1) is 11.5. The fraction of sp³-hybridized carbons (Fsp3) is 1.00. The molecule has 3 rings (SSSR count). The highest BCUT2D eigenvalue weighted by Gasteiger charge is 2.50. The van der Waals surface area contributed by atoms with Crippen LogP contribution in [0.5, 0.6) is 0 Å². The van der Waals surface area contributed by atoms with Crippen LogP contribution >= 0.6 is 15.9 Å². The van der Waals surface area contributed by atoms with Crippen molar-refractivity contribution in [3.05, 3.63) is 0 Å². The maximum atomic E-state index is 6.06. The highest BCUT2D eigenvalue weighted by Crippen LogP contribution is 2.52. The Morgan fingerprint density at radius 3 is 2.50 bits per heavy atom. The summed E-state index contributed by atoms with van der Waals surface area (Å²) in [6, 6.07) is 0. The maximum absolute atomic E-state index is 6.06. The van der Waals surface area contributed by atoms with E-state index in [9.17, 15) is 0 Å². The molecule has 0 aromatic rings. The second kappa shape index (κ2) is 4.61. The van der Waals surface area contributed by atoms with E-state index in [1.807, 2.05) is 0 Å². The van der Waals surface area contributed by atoms with Gasteiger partial charge in [0.2, 0.25) is 0 Å². The first-order chi connectivity index (χ1) is 7.84. The smallest absolute Gasteiger partial charge is 0.0668 e. The third-order valence-corrected chi connectivity index (χ3v) is 6.10. The predicted octanol–water partition coefficient (Wildman–Crippen LogP) is 4.15. The monoisotopic (exact) mass is 286 g/mol. The minimum absolute atomic E-state index is 0.496. The van der Waals surface area contributed by atoms with E-state index in [0.717, 1.165) is 23.8 Å². The average Bonchev–Trinajstić information content (AvgIpc) is 2.86. The van der Waals surface area contributed by atoms with Crippen molar-refractivity contribution in [3.63, 3.8) is 0 Å². The van der Waals surface area contributed by atoms with Crippen LogP contribution in [0.1, 0.15) is 51.4 Å². The molecular formula is C14H23BrO. The molecule has 2 saturated carbocycles. The van der Waals surface area contributed by atoms with Gasteiger partial charge in [0, 0.05) is 17.4 Å². The Kier molecular flexibility index (Phi) is 3.32. The van der Waals surface area contributed by atoms with Crippen molar-refractivity contribution in [3.8, 4) is 0 Å². The zero-order valence-electron chi connectivity index (χ0n) is 10.1. The van der Waals surface area contributed by atoms with Crippen molar-refractivity contribution < 1.29 is 4.74 Å². The fourth-order valence-corrected chi connectivity index (χ4v) is 4.78. The molecule has 1 heterocycles. The first-order valence-electron chi connectivity index (χ1n) is 7.02. The van der Waals surface area contributed by atoms with Gasteiger partial charge >= 0.3 is 0 Å². The molecule has 0 spiro atoms. The number of ether oxygens (including phenoxy) is 1. The Balaban J connectivity index is 1.69. The van der Waals surface area contributed by atoms with Crippen LogP contribution in [-0.2, 0) is 4.74 Å². The Morgan fingerprint density at radius 2 is 1.88 bits per heavy atom. The zero-order valence-corrected chi connectivity index (χ0v) is 11.7. The molecule has 2 heteroatoms. The molecule has 0 amide bonds. The van der Waals surface area contributed by atoms with Gasteiger partial charge in [-0.3, -0.25) is 0 Å². The Bertz CT molecular complexity index is 245. The van der Waals surface area contributed by atoms with Crippen LogP contribution in [0, 0.1) is 17.3 Å². The lowest BCUT2D eigenvalue weighted by atomic mass is 9.73. The summed E-state index contributed by atoms with van der Waals surface area (Å²) in [6.45, 7) is 1.01. The molecule has 3 aliphatic rings. The van der Waals surface area contributed by atoms with E-state index in [1.54, 1.807) is 0 Å². The minimum Gasteiger partial charge on any atom is -0.377 e. The van der Waals surface area contributed by atoms with Crippen LogP contribution in [0.4, 0.5) is 0 Å². The topological polar surface area (TPSA) is 9.23 Å². The molecule has 2 aliphatic carbocycles. The van der Waals surface area contributed by atoms with Gasteiger partial charge in [-0.25, -0.2) is 0 Å². The number of halogens is 1. The lowest BCUT2D eigenvalue weighted by molar-refractivity contribution is 0.0307. The first-order valence-corrected chi connectivity index (χ1v) is 8.14. The minimum atomic E-state index is 0.496. The van der Waals surface area contributed by atoms with Crippen molar-refractivity contribution in [2.45, 2.75) is 57.5 Å². The van der Waals surface area contributed by atoms with Crippen molar-refractivity contribution in [2.75, 3.05) is 11.9 Å². The maximum Gasteiger partial charge on any atom is 0.0668 e. The van der Waals surface area contributed by atoms with Gasteiger partial charge in [-0.1, -0.05) is 41.6 Å². The third-order valence-electron chi connectivity index (χ3n) is 4.99. The van der Waals surface area contributed by atoms with Crippen LogP contribution in [0.25, 0.3) is 0 Å². The molecule has 0 bridgehead atoms. The van der Waals surface area contributed by atoms with Gasteiger partial charge in [0.05, 0.1) is 6.10 Å². The number of alkyl halides is 1. The van der Waals surface area contributed by atoms with E-state index in [4.69, 9.17) is 4.74 Å². The van der Waals surface area contributed by atoms with Crippen LogP contribution in [0.15, 0.2) is 0 Å². The predicted molar refractivity (Wildman–Crippen MR) is 69.9 cm³/mol. The van der Waals surface area contributed by atoms with E-state index in [1.165, 1.54) is 51.4 Å². The zero-order chi connectivity index (χ0) is 11.0. The van der Waals surface area contributed by atoms with Crippen LogP contribution in [0.2, 0.25) is 0 Å². The molecule has 1 saturated heterocycles. The molecule has 1 nitrogen and oxygen atoms in total. The summed E-state index contributed by atoms with van der Waals surface area (Å²) in [5.74, 6) is 1.90. The molecule has 92 valence electrons. The van der Waals surface area contributed by atoms with E-state index in [0.29, 0.717) is 11.5 Å². The van der Waals surface area contributed by atoms with Crippen molar-refractivity contribution in [1.82, 2.24) is 0 Å². The molecule has 1 aliphatic heterocycles. The largest absolute Gasteiger partial charge is 0.377 e. The third kappa shape index (κ3) is 2.08. The van der Waals surface area contributed by atoms with Crippen molar-refractivity contribution >= 4 is 15.9 Å². The summed E-state index contributed by atoms with van der Waals surface area (Å²) < 4.78 is 6.06. The van der Waals surface area contributed by atoms with Crippen LogP contribution in [-0.4, -0.2) is 18.0 Å². The van der Waals surface area contributed by atoms with Gasteiger partial charge in [-0.05, 0) is 37.5 Å². The van der Waals surface area contributed by atoms with Crippen LogP contribution in [0.3, 0.4) is 0 Å². The van der Waals surface area contributed by atoms with E-state index >= 15 is 0 Å². The molecule has 0 aromatic carbocycles. The molecular weight excluding hydrogens is 264 g/mol. The summed E-state index contributed by atoms with van der Waals surface area (Å²) in [7, 11) is 0. The van der Waals surface area contributed by atoms with E-state index in [-0.39, 0.29) is 0 Å². The summed E-state index contributed by atoms with van der Waals surface area (Å²) in [4.78, 5) is 0. The molecule has 16 heavy (non-hydrogen) atoms. The highest BCUT2D eigenvalue weighted by molar-refractivity contribution is 9.09. The van der Waals surface area contributed by atoms with Gasteiger partial charge in [-0.2, -0.15) is 0 Å². The lowest BCUT2D eigenvalue weighted by Gasteiger charge is -2.35. The van der Waals surface area contributed by atoms with Gasteiger partial charge in [-0.15, -0.1) is 0 Å². The molecule has 0 radical (unpaired) electrons. The summed E-state index contributed by atoms with van der Waals surface area (Å²) in [5, 5.41) is 1.16. The summed E-state index contributed by atoms with van der Waals surface area (Å²) in [6.07, 6.45) is 12.1. The van der Waals surface area contributed by atoms with Crippen molar-refractivity contribution in [1.29, 1.82) is 0 Å². The van der Waals surface area contributed by atoms with Gasteiger partial charge in [0.15, 0.2) is 0 Å². The lowest BCUT2D eigenvalue weighted by Crippen LogP contribution is -2.36. The van der Waals surface area contributed by atoms with Gasteiger partial charge in [0.1, 0.15) is 0 Å². The standard InChI is InChI=1S/C14H23BrO/c15-10-14(9-11-3-1-2-4-11)7-8-16-13(14)12-5-6-12/h11-13H,1-10H2. The Labute approximate surface area is 107 Å². The fourth-order valence-electron chi connectivity index (χ4n) is 3.95. The number of hydrogen-bond acceptors (Lipinski definition) is 1. The molecule has 2 unspecified atom stereocenters. The molecule has 0 aromatic heterocycles. The second-order valence-corrected chi connectivity index (χ2v) is 6.79. The quantitative estimate of drug-likeness (QED) is 0.706. The average molecular weight is 287 g/mol. The normalized spacial score (nSPS) is 40.7. The Morgan fingerprint density at radius 1 is 1.12 bits per heavy atom. The highest BCUT2D eigenvalue weighted by atomic mass is 79.9. The van der Waals surface area contributed by atoms with Crippen molar-refractivity contribution in [2.24, 2.45) is 17.3 Å². The molecule has 2 atom stereocenters. The van der Waals surface area contributed by atoms with Crippen LogP contribution < -0.4 is 0 Å². The Hall–Kier alpha value is 0.440. The second-order valence-electron chi connectivity index (χ2n) is 6.23.